The highest BCUT2D eigenvalue weighted by Crippen LogP contribution is 2.27. The number of hydrogen-bond acceptors (Lipinski definition) is 5. The Morgan fingerprint density at radius 3 is 2.88 bits per heavy atom. The second-order valence-electron chi connectivity index (χ2n) is 5.49. The predicted molar refractivity (Wildman–Crippen MR) is 93.8 cm³/mol. The fraction of sp³-hybridized carbons (Fsp3) is 0.278. The number of thiazole rings is 1. The maximum Gasteiger partial charge on any atom is 0.273 e. The summed E-state index contributed by atoms with van der Waals surface area (Å²) in [6, 6.07) is 9.37. The topological polar surface area (TPSA) is 59.2 Å². The SMILES string of the molecule is CCC[C@H](c1ccccn1)N(C)C(=O)c1csc(-c2ccco2)n1. The minimum Gasteiger partial charge on any atom is -0.462 e. The van der Waals surface area contributed by atoms with Crippen LogP contribution >= 0.6 is 11.3 Å². The van der Waals surface area contributed by atoms with Crippen molar-refractivity contribution in [3.8, 4) is 10.8 Å². The van der Waals surface area contributed by atoms with Crippen LogP contribution in [0.4, 0.5) is 0 Å². The van der Waals surface area contributed by atoms with Crippen molar-refractivity contribution in [2.75, 3.05) is 7.05 Å². The fourth-order valence-corrected chi connectivity index (χ4v) is 3.35. The van der Waals surface area contributed by atoms with E-state index in [1.165, 1.54) is 11.3 Å². The van der Waals surface area contributed by atoms with Gasteiger partial charge in [0, 0.05) is 18.6 Å². The first kappa shape index (κ1) is 16.4. The Hall–Kier alpha value is -2.47. The van der Waals surface area contributed by atoms with E-state index < -0.39 is 0 Å². The van der Waals surface area contributed by atoms with Crippen molar-refractivity contribution in [3.63, 3.8) is 0 Å². The first-order valence-electron chi connectivity index (χ1n) is 7.88. The molecule has 0 aliphatic rings. The summed E-state index contributed by atoms with van der Waals surface area (Å²) < 4.78 is 5.34. The van der Waals surface area contributed by atoms with Gasteiger partial charge in [0.25, 0.3) is 5.91 Å². The van der Waals surface area contributed by atoms with E-state index >= 15 is 0 Å². The Balaban J connectivity index is 1.82. The first-order valence-corrected chi connectivity index (χ1v) is 8.76. The molecule has 0 radical (unpaired) electrons. The van der Waals surface area contributed by atoms with Crippen LogP contribution in [0.3, 0.4) is 0 Å². The van der Waals surface area contributed by atoms with Crippen LogP contribution in [0.5, 0.6) is 0 Å². The van der Waals surface area contributed by atoms with Gasteiger partial charge in [-0.05, 0) is 30.7 Å². The van der Waals surface area contributed by atoms with Crippen molar-refractivity contribution in [1.29, 1.82) is 0 Å². The Morgan fingerprint density at radius 2 is 2.21 bits per heavy atom. The lowest BCUT2D eigenvalue weighted by molar-refractivity contribution is 0.0713. The zero-order valence-corrected chi connectivity index (χ0v) is 14.5. The molecule has 0 saturated carbocycles. The maximum atomic E-state index is 12.8. The monoisotopic (exact) mass is 341 g/mol. The Kier molecular flexibility index (Phi) is 5.05. The second kappa shape index (κ2) is 7.40. The van der Waals surface area contributed by atoms with Gasteiger partial charge in [0.05, 0.1) is 18.0 Å². The van der Waals surface area contributed by atoms with E-state index in [9.17, 15) is 4.79 Å². The minimum atomic E-state index is -0.104. The quantitative estimate of drug-likeness (QED) is 0.666. The van der Waals surface area contributed by atoms with E-state index in [0.29, 0.717) is 16.5 Å². The highest BCUT2D eigenvalue weighted by Gasteiger charge is 2.25. The fourth-order valence-electron chi connectivity index (χ4n) is 2.59. The average Bonchev–Trinajstić information content (AvgIpc) is 3.30. The molecule has 1 atom stereocenters. The summed E-state index contributed by atoms with van der Waals surface area (Å²) in [6.45, 7) is 2.10. The van der Waals surface area contributed by atoms with Gasteiger partial charge >= 0.3 is 0 Å². The van der Waals surface area contributed by atoms with Gasteiger partial charge in [-0.2, -0.15) is 0 Å². The number of aromatic nitrogens is 2. The van der Waals surface area contributed by atoms with Gasteiger partial charge in [-0.25, -0.2) is 4.98 Å². The van der Waals surface area contributed by atoms with Crippen LogP contribution in [0.2, 0.25) is 0 Å². The van der Waals surface area contributed by atoms with Gasteiger partial charge < -0.3 is 9.32 Å². The molecule has 3 heterocycles. The molecule has 124 valence electrons. The third-order valence-electron chi connectivity index (χ3n) is 3.83. The van der Waals surface area contributed by atoms with Crippen molar-refractivity contribution in [3.05, 3.63) is 59.6 Å². The molecule has 0 saturated heterocycles. The van der Waals surface area contributed by atoms with Crippen molar-refractivity contribution < 1.29 is 9.21 Å². The van der Waals surface area contributed by atoms with Crippen LogP contribution in [-0.4, -0.2) is 27.8 Å². The molecular weight excluding hydrogens is 322 g/mol. The molecule has 0 N–H and O–H groups in total. The summed E-state index contributed by atoms with van der Waals surface area (Å²) in [5, 5.41) is 2.49. The summed E-state index contributed by atoms with van der Waals surface area (Å²) in [4.78, 5) is 23.4. The third kappa shape index (κ3) is 3.38. The summed E-state index contributed by atoms with van der Waals surface area (Å²) in [5.74, 6) is 0.574. The first-order chi connectivity index (χ1) is 11.7. The van der Waals surface area contributed by atoms with Gasteiger partial charge in [-0.1, -0.05) is 19.4 Å². The molecule has 3 rings (SSSR count). The second-order valence-corrected chi connectivity index (χ2v) is 6.35. The van der Waals surface area contributed by atoms with E-state index in [1.807, 2.05) is 37.4 Å². The molecule has 0 aromatic carbocycles. The van der Waals surface area contributed by atoms with E-state index in [1.54, 1.807) is 22.7 Å². The highest BCUT2D eigenvalue weighted by molar-refractivity contribution is 7.13. The van der Waals surface area contributed by atoms with Gasteiger partial charge in [0.2, 0.25) is 0 Å². The largest absolute Gasteiger partial charge is 0.462 e. The van der Waals surface area contributed by atoms with Crippen molar-refractivity contribution in [2.45, 2.75) is 25.8 Å². The van der Waals surface area contributed by atoms with Gasteiger partial charge in [0.15, 0.2) is 10.8 Å². The number of pyridine rings is 1. The van der Waals surface area contributed by atoms with E-state index in [4.69, 9.17) is 4.42 Å². The lowest BCUT2D eigenvalue weighted by atomic mass is 10.1. The van der Waals surface area contributed by atoms with Gasteiger partial charge in [-0.15, -0.1) is 11.3 Å². The lowest BCUT2D eigenvalue weighted by Crippen LogP contribution is -2.32. The molecule has 0 bridgehead atoms. The molecule has 24 heavy (non-hydrogen) atoms. The molecule has 1 amide bonds. The molecule has 0 unspecified atom stereocenters. The summed E-state index contributed by atoms with van der Waals surface area (Å²) in [7, 11) is 1.81. The molecule has 0 spiro atoms. The number of carbonyl (C=O) groups excluding carboxylic acids is 1. The number of rotatable bonds is 6. The van der Waals surface area contributed by atoms with E-state index in [0.717, 1.165) is 18.5 Å². The zero-order chi connectivity index (χ0) is 16.9. The number of furan rings is 1. The summed E-state index contributed by atoms with van der Waals surface area (Å²) >= 11 is 1.41. The maximum absolute atomic E-state index is 12.8. The Bertz CT molecular complexity index is 784. The molecule has 5 nitrogen and oxygen atoms in total. The van der Waals surface area contributed by atoms with Gasteiger partial charge in [0.1, 0.15) is 5.69 Å². The standard InChI is InChI=1S/C18H19N3O2S/c1-3-7-15(13-8-4-5-10-19-13)21(2)18(22)14-12-24-17(20-14)16-9-6-11-23-16/h4-6,8-12,15H,3,7H2,1-2H3/t15-/m1/s1. The van der Waals surface area contributed by atoms with Crippen molar-refractivity contribution >= 4 is 17.2 Å². The van der Waals surface area contributed by atoms with Crippen molar-refractivity contribution in [2.24, 2.45) is 0 Å². The minimum absolute atomic E-state index is 0.0579. The number of nitrogens with zero attached hydrogens (tertiary/aromatic N) is 3. The van der Waals surface area contributed by atoms with Gasteiger partial charge in [-0.3, -0.25) is 9.78 Å². The van der Waals surface area contributed by atoms with Crippen molar-refractivity contribution in [1.82, 2.24) is 14.9 Å². The van der Waals surface area contributed by atoms with Crippen LogP contribution < -0.4 is 0 Å². The molecule has 0 aliphatic carbocycles. The molecule has 3 aromatic rings. The lowest BCUT2D eigenvalue weighted by Gasteiger charge is -2.27. The third-order valence-corrected chi connectivity index (χ3v) is 4.69. The summed E-state index contributed by atoms with van der Waals surface area (Å²) in [5.41, 5.74) is 1.34. The van der Waals surface area contributed by atoms with Crippen LogP contribution in [-0.2, 0) is 0 Å². The molecule has 6 heteroatoms. The number of carbonyl (C=O) groups is 1. The smallest absolute Gasteiger partial charge is 0.273 e. The molecular formula is C18H19N3O2S. The van der Waals surface area contributed by atoms with Crippen LogP contribution in [0.1, 0.15) is 42.0 Å². The zero-order valence-electron chi connectivity index (χ0n) is 13.7. The molecule has 0 fully saturated rings. The number of amides is 1. The van der Waals surface area contributed by atoms with E-state index in [2.05, 4.69) is 16.9 Å². The average molecular weight is 341 g/mol. The van der Waals surface area contributed by atoms with E-state index in [-0.39, 0.29) is 11.9 Å². The Morgan fingerprint density at radius 1 is 1.33 bits per heavy atom. The highest BCUT2D eigenvalue weighted by atomic mass is 32.1. The summed E-state index contributed by atoms with van der Waals surface area (Å²) in [6.07, 6.45) is 5.18. The van der Waals surface area contributed by atoms with Crippen LogP contribution in [0.25, 0.3) is 10.8 Å². The Labute approximate surface area is 145 Å². The molecule has 0 aliphatic heterocycles. The van der Waals surface area contributed by atoms with Crippen LogP contribution in [0, 0.1) is 0 Å². The number of hydrogen-bond donors (Lipinski definition) is 0. The predicted octanol–water partition coefficient (Wildman–Crippen LogP) is 4.41. The normalized spacial score (nSPS) is 12.1. The molecule has 3 aromatic heterocycles. The van der Waals surface area contributed by atoms with Crippen LogP contribution in [0.15, 0.2) is 52.6 Å².